The molecule has 3 rings (SSSR count). The van der Waals surface area contributed by atoms with E-state index < -0.39 is 0 Å². The minimum atomic E-state index is -0.0363. The molecule has 0 aliphatic carbocycles. The van der Waals surface area contributed by atoms with Crippen LogP contribution in [-0.4, -0.2) is 65.4 Å². The fourth-order valence-electron chi connectivity index (χ4n) is 3.02. The number of carbonyl (C=O) groups is 1. The molecule has 132 valence electrons. The average Bonchev–Trinajstić information content (AvgIpc) is 2.63. The number of rotatable bonds is 4. The van der Waals surface area contributed by atoms with E-state index in [1.165, 1.54) is 5.56 Å². The van der Waals surface area contributed by atoms with Crippen LogP contribution in [0.4, 0.5) is 11.5 Å². The van der Waals surface area contributed by atoms with E-state index in [4.69, 9.17) is 0 Å². The van der Waals surface area contributed by atoms with Gasteiger partial charge in [-0.25, -0.2) is 9.97 Å². The first-order chi connectivity index (χ1) is 12.1. The number of benzene rings is 1. The molecule has 0 radical (unpaired) electrons. The Morgan fingerprint density at radius 2 is 1.92 bits per heavy atom. The standard InChI is InChI=1S/C19H25N5O/c1-4-24(16-7-5-6-15(2)12-16)18-14-20-17(13-21-18)19(25)23-10-8-22(3)9-11-23/h5-7,12-14H,4,8-11H2,1-3H3. The number of amides is 1. The summed E-state index contributed by atoms with van der Waals surface area (Å²) >= 11 is 0. The zero-order valence-corrected chi connectivity index (χ0v) is 15.1. The van der Waals surface area contributed by atoms with E-state index >= 15 is 0 Å². The first-order valence-corrected chi connectivity index (χ1v) is 8.72. The van der Waals surface area contributed by atoms with Crippen molar-refractivity contribution in [3.8, 4) is 0 Å². The van der Waals surface area contributed by atoms with Crippen LogP contribution in [0.25, 0.3) is 0 Å². The maximum absolute atomic E-state index is 12.6. The maximum atomic E-state index is 12.6. The van der Waals surface area contributed by atoms with E-state index in [2.05, 4.69) is 58.9 Å². The Labute approximate surface area is 149 Å². The van der Waals surface area contributed by atoms with Crippen LogP contribution < -0.4 is 4.90 Å². The zero-order chi connectivity index (χ0) is 17.8. The molecule has 0 saturated carbocycles. The molecule has 1 aliphatic rings. The van der Waals surface area contributed by atoms with E-state index in [1.807, 2.05) is 11.0 Å². The van der Waals surface area contributed by atoms with Crippen molar-refractivity contribution in [2.45, 2.75) is 13.8 Å². The second-order valence-electron chi connectivity index (χ2n) is 6.44. The van der Waals surface area contributed by atoms with Crippen molar-refractivity contribution in [3.05, 3.63) is 47.9 Å². The Morgan fingerprint density at radius 1 is 1.16 bits per heavy atom. The maximum Gasteiger partial charge on any atom is 0.274 e. The van der Waals surface area contributed by atoms with Crippen molar-refractivity contribution in [2.75, 3.05) is 44.7 Å². The van der Waals surface area contributed by atoms with Gasteiger partial charge in [0.15, 0.2) is 5.82 Å². The Bertz CT molecular complexity index is 723. The van der Waals surface area contributed by atoms with Crippen LogP contribution >= 0.6 is 0 Å². The van der Waals surface area contributed by atoms with E-state index in [9.17, 15) is 4.79 Å². The third kappa shape index (κ3) is 3.96. The molecule has 6 heteroatoms. The molecule has 2 aromatic rings. The quantitative estimate of drug-likeness (QED) is 0.856. The SMILES string of the molecule is CCN(c1cccc(C)c1)c1cnc(C(=O)N2CCN(C)CC2)cn1. The highest BCUT2D eigenvalue weighted by Gasteiger charge is 2.22. The number of aromatic nitrogens is 2. The molecule has 1 saturated heterocycles. The minimum Gasteiger partial charge on any atom is -0.335 e. The summed E-state index contributed by atoms with van der Waals surface area (Å²) in [6.45, 7) is 8.20. The van der Waals surface area contributed by atoms with Gasteiger partial charge in [-0.3, -0.25) is 4.79 Å². The van der Waals surface area contributed by atoms with Gasteiger partial charge < -0.3 is 14.7 Å². The molecule has 0 N–H and O–H groups in total. The molecule has 0 unspecified atom stereocenters. The number of nitrogens with zero attached hydrogens (tertiary/aromatic N) is 5. The number of hydrogen-bond donors (Lipinski definition) is 0. The third-order valence-electron chi connectivity index (χ3n) is 4.55. The molecule has 2 heterocycles. The molecule has 6 nitrogen and oxygen atoms in total. The van der Waals surface area contributed by atoms with Crippen molar-refractivity contribution >= 4 is 17.4 Å². The molecule has 1 aromatic carbocycles. The molecular weight excluding hydrogens is 314 g/mol. The molecule has 1 amide bonds. The van der Waals surface area contributed by atoms with Gasteiger partial charge in [-0.05, 0) is 38.6 Å². The normalized spacial score (nSPS) is 15.2. The summed E-state index contributed by atoms with van der Waals surface area (Å²) in [5.74, 6) is 0.716. The predicted molar refractivity (Wildman–Crippen MR) is 99.3 cm³/mol. The van der Waals surface area contributed by atoms with Crippen molar-refractivity contribution < 1.29 is 4.79 Å². The van der Waals surface area contributed by atoms with E-state index in [-0.39, 0.29) is 5.91 Å². The summed E-state index contributed by atoms with van der Waals surface area (Å²) in [5.41, 5.74) is 2.69. The van der Waals surface area contributed by atoms with Crippen LogP contribution in [0.1, 0.15) is 23.0 Å². The molecule has 0 atom stereocenters. The molecule has 1 aromatic heterocycles. The van der Waals surface area contributed by atoms with Gasteiger partial charge in [0, 0.05) is 38.4 Å². The van der Waals surface area contributed by atoms with E-state index in [0.29, 0.717) is 5.69 Å². The molecule has 1 aliphatic heterocycles. The molecule has 1 fully saturated rings. The summed E-state index contributed by atoms with van der Waals surface area (Å²) in [7, 11) is 2.07. The third-order valence-corrected chi connectivity index (χ3v) is 4.55. The highest BCUT2D eigenvalue weighted by atomic mass is 16.2. The topological polar surface area (TPSA) is 52.6 Å². The average molecular weight is 339 g/mol. The second-order valence-corrected chi connectivity index (χ2v) is 6.44. The second kappa shape index (κ2) is 7.61. The molecule has 0 spiro atoms. The lowest BCUT2D eigenvalue weighted by Gasteiger charge is -2.32. The Morgan fingerprint density at radius 3 is 2.52 bits per heavy atom. The fraction of sp³-hybridized carbons (Fsp3) is 0.421. The van der Waals surface area contributed by atoms with Gasteiger partial charge in [0.05, 0.1) is 12.4 Å². The Hall–Kier alpha value is -2.47. The van der Waals surface area contributed by atoms with Crippen LogP contribution in [0.5, 0.6) is 0 Å². The first kappa shape index (κ1) is 17.4. The van der Waals surface area contributed by atoms with Crippen LogP contribution in [0, 0.1) is 6.92 Å². The van der Waals surface area contributed by atoms with Gasteiger partial charge >= 0.3 is 0 Å². The summed E-state index contributed by atoms with van der Waals surface area (Å²) < 4.78 is 0. The van der Waals surface area contributed by atoms with Gasteiger partial charge in [-0.15, -0.1) is 0 Å². The van der Waals surface area contributed by atoms with Gasteiger partial charge in [0.1, 0.15) is 5.69 Å². The van der Waals surface area contributed by atoms with E-state index in [1.54, 1.807) is 12.4 Å². The highest BCUT2D eigenvalue weighted by Crippen LogP contribution is 2.23. The van der Waals surface area contributed by atoms with Crippen LogP contribution in [0.3, 0.4) is 0 Å². The fourth-order valence-corrected chi connectivity index (χ4v) is 3.02. The predicted octanol–water partition coefficient (Wildman–Crippen LogP) is 2.33. The van der Waals surface area contributed by atoms with Gasteiger partial charge in [-0.1, -0.05) is 12.1 Å². The monoisotopic (exact) mass is 339 g/mol. The largest absolute Gasteiger partial charge is 0.335 e. The summed E-state index contributed by atoms with van der Waals surface area (Å²) in [6, 6.07) is 8.28. The van der Waals surface area contributed by atoms with Crippen LogP contribution in [0.15, 0.2) is 36.7 Å². The molecule has 0 bridgehead atoms. The van der Waals surface area contributed by atoms with Crippen molar-refractivity contribution in [1.29, 1.82) is 0 Å². The number of anilines is 2. The van der Waals surface area contributed by atoms with Crippen molar-refractivity contribution in [3.63, 3.8) is 0 Å². The number of hydrogen-bond acceptors (Lipinski definition) is 5. The zero-order valence-electron chi connectivity index (χ0n) is 15.1. The van der Waals surface area contributed by atoms with Gasteiger partial charge in [0.2, 0.25) is 0 Å². The van der Waals surface area contributed by atoms with Crippen LogP contribution in [-0.2, 0) is 0 Å². The number of piperazine rings is 1. The van der Waals surface area contributed by atoms with Crippen molar-refractivity contribution in [2.24, 2.45) is 0 Å². The number of carbonyl (C=O) groups excluding carboxylic acids is 1. The number of likely N-dealkylation sites (N-methyl/N-ethyl adjacent to an activating group) is 1. The minimum absolute atomic E-state index is 0.0363. The summed E-state index contributed by atoms with van der Waals surface area (Å²) in [5, 5.41) is 0. The number of aryl methyl sites for hydroxylation is 1. The Balaban J connectivity index is 1.76. The van der Waals surface area contributed by atoms with Gasteiger partial charge in [0.25, 0.3) is 5.91 Å². The van der Waals surface area contributed by atoms with E-state index in [0.717, 1.165) is 44.2 Å². The lowest BCUT2D eigenvalue weighted by atomic mass is 10.2. The summed E-state index contributed by atoms with van der Waals surface area (Å²) in [4.78, 5) is 27.6. The van der Waals surface area contributed by atoms with Gasteiger partial charge in [-0.2, -0.15) is 0 Å². The molecular formula is C19H25N5O. The lowest BCUT2D eigenvalue weighted by molar-refractivity contribution is 0.0658. The summed E-state index contributed by atoms with van der Waals surface area (Å²) in [6.07, 6.45) is 3.28. The smallest absolute Gasteiger partial charge is 0.274 e. The molecule has 25 heavy (non-hydrogen) atoms. The van der Waals surface area contributed by atoms with Crippen LogP contribution in [0.2, 0.25) is 0 Å². The Kier molecular flexibility index (Phi) is 5.28. The first-order valence-electron chi connectivity index (χ1n) is 8.72. The lowest BCUT2D eigenvalue weighted by Crippen LogP contribution is -2.47. The highest BCUT2D eigenvalue weighted by molar-refractivity contribution is 5.92. The van der Waals surface area contributed by atoms with Crippen molar-refractivity contribution in [1.82, 2.24) is 19.8 Å².